The molecule has 6 heteroatoms. The number of aryl methyl sites for hydroxylation is 2. The number of methoxy groups -OCH3 is 1. The Morgan fingerprint density at radius 1 is 1.10 bits per heavy atom. The Bertz CT molecular complexity index is 770. The summed E-state index contributed by atoms with van der Waals surface area (Å²) in [6, 6.07) is 9.89. The summed E-state index contributed by atoms with van der Waals surface area (Å²) in [5, 5.41) is 0. The smallest absolute Gasteiger partial charge is 0.262 e. The molecule has 21 heavy (non-hydrogen) atoms. The van der Waals surface area contributed by atoms with Crippen LogP contribution in [0.3, 0.4) is 0 Å². The van der Waals surface area contributed by atoms with E-state index in [4.69, 9.17) is 10.5 Å². The molecule has 0 unspecified atom stereocenters. The lowest BCUT2D eigenvalue weighted by Crippen LogP contribution is -2.14. The Morgan fingerprint density at radius 2 is 1.81 bits per heavy atom. The summed E-state index contributed by atoms with van der Waals surface area (Å²) in [7, 11) is -2.21. The van der Waals surface area contributed by atoms with Crippen LogP contribution in [0.2, 0.25) is 0 Å². The fraction of sp³-hybridized carbons (Fsp3) is 0.200. The van der Waals surface area contributed by atoms with E-state index in [1.807, 2.05) is 19.9 Å². The molecule has 0 amide bonds. The first-order valence-corrected chi connectivity index (χ1v) is 7.85. The van der Waals surface area contributed by atoms with E-state index in [0.29, 0.717) is 17.1 Å². The second kappa shape index (κ2) is 5.65. The largest absolute Gasteiger partial charge is 0.495 e. The van der Waals surface area contributed by atoms with Gasteiger partial charge in [0.25, 0.3) is 10.0 Å². The lowest BCUT2D eigenvalue weighted by molar-refractivity contribution is 0.416. The molecule has 2 aromatic carbocycles. The molecule has 0 spiro atoms. The van der Waals surface area contributed by atoms with E-state index in [-0.39, 0.29) is 4.90 Å². The maximum absolute atomic E-state index is 12.4. The highest BCUT2D eigenvalue weighted by Crippen LogP contribution is 2.28. The Morgan fingerprint density at radius 3 is 2.43 bits per heavy atom. The summed E-state index contributed by atoms with van der Waals surface area (Å²) < 4.78 is 32.5. The van der Waals surface area contributed by atoms with Crippen LogP contribution in [0.15, 0.2) is 41.3 Å². The Labute approximate surface area is 124 Å². The van der Waals surface area contributed by atoms with Crippen LogP contribution in [0.25, 0.3) is 0 Å². The van der Waals surface area contributed by atoms with Gasteiger partial charge < -0.3 is 10.5 Å². The minimum atomic E-state index is -3.71. The Hall–Kier alpha value is -2.21. The third kappa shape index (κ3) is 3.28. The van der Waals surface area contributed by atoms with E-state index in [0.717, 1.165) is 11.1 Å². The van der Waals surface area contributed by atoms with E-state index in [1.54, 1.807) is 18.2 Å². The number of nitrogen functional groups attached to an aromatic ring is 1. The standard InChI is InChI=1S/C15H18N2O3S/c1-10-4-7-14(15(8-10)20-3)17-21(18,19)12-6-5-11(2)13(16)9-12/h4-9,17H,16H2,1-3H3. The van der Waals surface area contributed by atoms with Crippen LogP contribution in [0.4, 0.5) is 11.4 Å². The SMILES string of the molecule is COc1cc(C)ccc1NS(=O)(=O)c1ccc(C)c(N)c1. The molecule has 112 valence electrons. The third-order valence-electron chi connectivity index (χ3n) is 3.16. The predicted molar refractivity (Wildman–Crippen MR) is 84.1 cm³/mol. The Balaban J connectivity index is 2.39. The zero-order valence-electron chi connectivity index (χ0n) is 12.2. The second-order valence-corrected chi connectivity index (χ2v) is 6.51. The molecule has 3 N–H and O–H groups in total. The van der Waals surface area contributed by atoms with Crippen LogP contribution in [0, 0.1) is 13.8 Å². The molecule has 0 atom stereocenters. The first kappa shape index (κ1) is 15.2. The maximum Gasteiger partial charge on any atom is 0.262 e. The number of hydrogen-bond donors (Lipinski definition) is 2. The van der Waals surface area contributed by atoms with Gasteiger partial charge in [-0.1, -0.05) is 12.1 Å². The molecule has 2 aromatic rings. The molecule has 0 saturated heterocycles. The van der Waals surface area contributed by atoms with Crippen LogP contribution >= 0.6 is 0 Å². The third-order valence-corrected chi connectivity index (χ3v) is 4.53. The van der Waals surface area contributed by atoms with Gasteiger partial charge in [-0.05, 0) is 49.2 Å². The summed E-state index contributed by atoms with van der Waals surface area (Å²) in [6.45, 7) is 3.73. The van der Waals surface area contributed by atoms with Crippen LogP contribution in [-0.2, 0) is 10.0 Å². The van der Waals surface area contributed by atoms with Crippen LogP contribution in [-0.4, -0.2) is 15.5 Å². The molecular formula is C15H18N2O3S. The molecule has 5 nitrogen and oxygen atoms in total. The monoisotopic (exact) mass is 306 g/mol. The van der Waals surface area contributed by atoms with Gasteiger partial charge in [-0.2, -0.15) is 0 Å². The highest BCUT2D eigenvalue weighted by molar-refractivity contribution is 7.92. The Kier molecular flexibility index (Phi) is 4.09. The van der Waals surface area contributed by atoms with E-state index in [1.165, 1.54) is 19.2 Å². The average molecular weight is 306 g/mol. The molecule has 2 rings (SSSR count). The maximum atomic E-state index is 12.4. The van der Waals surface area contributed by atoms with Crippen LogP contribution < -0.4 is 15.2 Å². The van der Waals surface area contributed by atoms with E-state index in [2.05, 4.69) is 4.72 Å². The molecule has 0 aromatic heterocycles. The van der Waals surface area contributed by atoms with Crippen molar-refractivity contribution in [2.24, 2.45) is 0 Å². The lowest BCUT2D eigenvalue weighted by atomic mass is 10.2. The average Bonchev–Trinajstić information content (AvgIpc) is 2.43. The molecule has 0 bridgehead atoms. The van der Waals surface area contributed by atoms with Crippen molar-refractivity contribution >= 4 is 21.4 Å². The fourth-order valence-corrected chi connectivity index (χ4v) is 2.98. The van der Waals surface area contributed by atoms with Crippen molar-refractivity contribution in [2.45, 2.75) is 18.7 Å². The van der Waals surface area contributed by atoms with E-state index in [9.17, 15) is 8.42 Å². The molecule has 0 heterocycles. The molecular weight excluding hydrogens is 288 g/mol. The quantitative estimate of drug-likeness (QED) is 0.851. The summed E-state index contributed by atoms with van der Waals surface area (Å²) in [5.74, 6) is 0.471. The molecule has 0 saturated carbocycles. The van der Waals surface area contributed by atoms with Crippen molar-refractivity contribution in [3.63, 3.8) is 0 Å². The number of ether oxygens (including phenoxy) is 1. The normalized spacial score (nSPS) is 11.2. The van der Waals surface area contributed by atoms with Crippen LogP contribution in [0.1, 0.15) is 11.1 Å². The summed E-state index contributed by atoms with van der Waals surface area (Å²) in [4.78, 5) is 0.119. The van der Waals surface area contributed by atoms with Gasteiger partial charge in [-0.25, -0.2) is 8.42 Å². The number of hydrogen-bond acceptors (Lipinski definition) is 4. The highest BCUT2D eigenvalue weighted by Gasteiger charge is 2.17. The van der Waals surface area contributed by atoms with Gasteiger partial charge in [0.05, 0.1) is 17.7 Å². The number of nitrogens with one attached hydrogen (secondary N) is 1. The van der Waals surface area contributed by atoms with Gasteiger partial charge in [-0.15, -0.1) is 0 Å². The first-order chi connectivity index (χ1) is 9.83. The van der Waals surface area contributed by atoms with Crippen molar-refractivity contribution in [2.75, 3.05) is 17.6 Å². The van der Waals surface area contributed by atoms with Gasteiger partial charge >= 0.3 is 0 Å². The summed E-state index contributed by atoms with van der Waals surface area (Å²) in [6.07, 6.45) is 0. The number of anilines is 2. The topological polar surface area (TPSA) is 81.4 Å². The summed E-state index contributed by atoms with van der Waals surface area (Å²) in [5.41, 5.74) is 8.42. The fourth-order valence-electron chi connectivity index (χ4n) is 1.87. The van der Waals surface area contributed by atoms with Crippen molar-refractivity contribution in [3.05, 3.63) is 47.5 Å². The second-order valence-electron chi connectivity index (χ2n) is 4.83. The number of nitrogens with two attached hydrogens (primary N) is 1. The van der Waals surface area contributed by atoms with Gasteiger partial charge in [0, 0.05) is 5.69 Å². The first-order valence-electron chi connectivity index (χ1n) is 6.37. The van der Waals surface area contributed by atoms with Crippen molar-refractivity contribution in [1.29, 1.82) is 0 Å². The zero-order chi connectivity index (χ0) is 15.6. The summed E-state index contributed by atoms with van der Waals surface area (Å²) >= 11 is 0. The van der Waals surface area contributed by atoms with Crippen molar-refractivity contribution in [1.82, 2.24) is 0 Å². The number of benzene rings is 2. The molecule has 0 aliphatic heterocycles. The minimum Gasteiger partial charge on any atom is -0.495 e. The predicted octanol–water partition coefficient (Wildman–Crippen LogP) is 2.70. The van der Waals surface area contributed by atoms with Gasteiger partial charge in [0.1, 0.15) is 5.75 Å². The van der Waals surface area contributed by atoms with Crippen LogP contribution in [0.5, 0.6) is 5.75 Å². The highest BCUT2D eigenvalue weighted by atomic mass is 32.2. The van der Waals surface area contributed by atoms with Crippen molar-refractivity contribution in [3.8, 4) is 5.75 Å². The molecule has 0 radical (unpaired) electrons. The van der Waals surface area contributed by atoms with Gasteiger partial charge in [0.15, 0.2) is 0 Å². The van der Waals surface area contributed by atoms with E-state index < -0.39 is 10.0 Å². The van der Waals surface area contributed by atoms with Gasteiger partial charge in [-0.3, -0.25) is 4.72 Å². The number of rotatable bonds is 4. The molecule has 0 aliphatic rings. The van der Waals surface area contributed by atoms with Crippen molar-refractivity contribution < 1.29 is 13.2 Å². The minimum absolute atomic E-state index is 0.119. The number of sulfonamides is 1. The zero-order valence-corrected chi connectivity index (χ0v) is 13.0. The molecule has 0 aliphatic carbocycles. The molecule has 0 fully saturated rings. The van der Waals surface area contributed by atoms with E-state index >= 15 is 0 Å². The lowest BCUT2D eigenvalue weighted by Gasteiger charge is -2.13. The van der Waals surface area contributed by atoms with Gasteiger partial charge in [0.2, 0.25) is 0 Å².